The number of ether oxygens (including phenoxy) is 3. The van der Waals surface area contributed by atoms with Crippen molar-refractivity contribution in [3.8, 4) is 28.8 Å². The minimum absolute atomic E-state index is 0.0116. The molecule has 0 radical (unpaired) electrons. The van der Waals surface area contributed by atoms with Gasteiger partial charge in [0, 0.05) is 44.5 Å². The van der Waals surface area contributed by atoms with Gasteiger partial charge in [-0.25, -0.2) is 18.6 Å². The van der Waals surface area contributed by atoms with Crippen molar-refractivity contribution in [2.45, 2.75) is 82.1 Å². The third-order valence-corrected chi connectivity index (χ3v) is 13.5. The van der Waals surface area contributed by atoms with Gasteiger partial charge in [-0.2, -0.15) is 23.1 Å². The number of hydrogen-bond acceptors (Lipinski definition) is 10. The van der Waals surface area contributed by atoms with E-state index in [1.54, 1.807) is 43.4 Å². The highest BCUT2D eigenvalue weighted by Crippen LogP contribution is 2.47. The van der Waals surface area contributed by atoms with Gasteiger partial charge in [0.05, 0.1) is 53.7 Å². The fourth-order valence-electron chi connectivity index (χ4n) is 10.2. The van der Waals surface area contributed by atoms with Gasteiger partial charge < -0.3 is 29.1 Å². The second-order valence-corrected chi connectivity index (χ2v) is 17.6. The Hall–Kier alpha value is -5.68. The number of pyridine rings is 1. The highest BCUT2D eigenvalue weighted by Gasteiger charge is 2.50. The summed E-state index contributed by atoms with van der Waals surface area (Å²) in [4.78, 5) is 33.2. The first-order chi connectivity index (χ1) is 30.6. The van der Waals surface area contributed by atoms with Gasteiger partial charge >= 0.3 is 18.3 Å². The number of carboxylic acid groups (broad SMARTS) is 1. The topological polar surface area (TPSA) is 117 Å². The van der Waals surface area contributed by atoms with Crippen LogP contribution in [0.5, 0.6) is 17.5 Å². The van der Waals surface area contributed by atoms with Crippen LogP contribution in [0.2, 0.25) is 5.02 Å². The van der Waals surface area contributed by atoms with Crippen molar-refractivity contribution >= 4 is 40.2 Å². The molecule has 6 heterocycles. The third-order valence-electron chi connectivity index (χ3n) is 13.2. The molecule has 12 nitrogen and oxygen atoms in total. The fraction of sp³-hybridized carbons (Fsp3) is 0.435. The molecule has 1 N–H and O–H groups in total. The van der Waals surface area contributed by atoms with Gasteiger partial charge in [-0.1, -0.05) is 35.9 Å². The molecule has 1 amide bonds. The van der Waals surface area contributed by atoms with Crippen molar-refractivity contribution in [3.63, 3.8) is 0 Å². The molecule has 0 saturated carbocycles. The maximum Gasteiger partial charge on any atom is 0.418 e. The average molecular weight is 908 g/mol. The minimum atomic E-state index is -4.98. The van der Waals surface area contributed by atoms with Crippen LogP contribution in [0.4, 0.5) is 38.4 Å². The van der Waals surface area contributed by atoms with E-state index in [1.807, 2.05) is 34.1 Å². The molecule has 4 aliphatic rings. The molecule has 3 aromatic carbocycles. The number of methoxy groups -OCH3 is 2. The molecule has 0 aliphatic carbocycles. The van der Waals surface area contributed by atoms with Gasteiger partial charge in [0.25, 0.3) is 0 Å². The summed E-state index contributed by atoms with van der Waals surface area (Å²) in [5.41, 5.74) is -2.06. The number of aryl methyl sites for hydroxylation is 1. The molecule has 18 heteroatoms. The summed E-state index contributed by atoms with van der Waals surface area (Å²) >= 11 is 6.96. The number of fused-ring (bicyclic) bond motifs is 4. The average Bonchev–Trinajstić information content (AvgIpc) is 3.89. The lowest BCUT2D eigenvalue weighted by Gasteiger charge is -2.40. The molecule has 4 aliphatic heterocycles. The predicted molar refractivity (Wildman–Crippen MR) is 231 cm³/mol. The maximum atomic E-state index is 17.7. The lowest BCUT2D eigenvalue weighted by molar-refractivity contribution is -0.137. The van der Waals surface area contributed by atoms with Gasteiger partial charge in [0.1, 0.15) is 41.4 Å². The Labute approximate surface area is 371 Å². The molecule has 2 aromatic heterocycles. The van der Waals surface area contributed by atoms with Crippen LogP contribution in [0.15, 0.2) is 60.7 Å². The van der Waals surface area contributed by atoms with Crippen LogP contribution in [-0.2, 0) is 19.3 Å². The normalized spacial score (nSPS) is 22.0. The van der Waals surface area contributed by atoms with Crippen LogP contribution in [0.25, 0.3) is 22.2 Å². The number of piperazine rings is 1. The van der Waals surface area contributed by atoms with E-state index in [1.165, 1.54) is 24.0 Å². The summed E-state index contributed by atoms with van der Waals surface area (Å²) < 4.78 is 95.3. The van der Waals surface area contributed by atoms with E-state index in [4.69, 9.17) is 30.8 Å². The summed E-state index contributed by atoms with van der Waals surface area (Å²) in [5.74, 6) is 0.411. The largest absolute Gasteiger partial charge is 0.497 e. The van der Waals surface area contributed by atoms with Crippen LogP contribution < -0.4 is 24.0 Å². The summed E-state index contributed by atoms with van der Waals surface area (Å²) in [6.45, 7) is 3.13. The predicted octanol–water partition coefficient (Wildman–Crippen LogP) is 9.32. The van der Waals surface area contributed by atoms with E-state index in [0.29, 0.717) is 37.3 Å². The van der Waals surface area contributed by atoms with Crippen LogP contribution in [0.1, 0.15) is 54.4 Å². The summed E-state index contributed by atoms with van der Waals surface area (Å²) in [6.07, 6.45) is -4.08. The first kappa shape index (κ1) is 43.6. The van der Waals surface area contributed by atoms with Gasteiger partial charge in [-0.15, -0.1) is 0 Å². The molecule has 2 bridgehead atoms. The highest BCUT2D eigenvalue weighted by molar-refractivity contribution is 6.34. The molecule has 4 saturated heterocycles. The lowest BCUT2D eigenvalue weighted by Crippen LogP contribution is -2.55. The van der Waals surface area contributed by atoms with Crippen molar-refractivity contribution in [1.82, 2.24) is 24.8 Å². The monoisotopic (exact) mass is 907 g/mol. The molecular weight excluding hydrogens is 861 g/mol. The maximum absolute atomic E-state index is 17.7. The molecule has 64 heavy (non-hydrogen) atoms. The zero-order valence-corrected chi connectivity index (χ0v) is 36.2. The number of anilines is 2. The number of amides is 1. The van der Waals surface area contributed by atoms with Crippen LogP contribution in [-0.4, -0.2) is 107 Å². The molecular formula is C46H47ClF5N7O5. The van der Waals surface area contributed by atoms with Gasteiger partial charge in [0.2, 0.25) is 0 Å². The van der Waals surface area contributed by atoms with Gasteiger partial charge in [-0.05, 0) is 92.2 Å². The third kappa shape index (κ3) is 8.16. The molecule has 4 atom stereocenters. The number of benzene rings is 3. The zero-order chi connectivity index (χ0) is 45.1. The van der Waals surface area contributed by atoms with Crippen LogP contribution in [0.3, 0.4) is 0 Å². The Bertz CT molecular complexity index is 2510. The van der Waals surface area contributed by atoms with Crippen molar-refractivity contribution in [2.24, 2.45) is 0 Å². The minimum Gasteiger partial charge on any atom is -0.497 e. The van der Waals surface area contributed by atoms with E-state index in [-0.39, 0.29) is 97.0 Å². The summed E-state index contributed by atoms with van der Waals surface area (Å²) in [5, 5.41) is 9.72. The van der Waals surface area contributed by atoms with Crippen LogP contribution in [0, 0.1) is 12.7 Å². The highest BCUT2D eigenvalue weighted by atomic mass is 35.5. The fourth-order valence-corrected chi connectivity index (χ4v) is 10.5. The number of hydrogen-bond donors (Lipinski definition) is 1. The van der Waals surface area contributed by atoms with Crippen LogP contribution >= 0.6 is 11.6 Å². The van der Waals surface area contributed by atoms with E-state index in [9.17, 15) is 14.3 Å². The number of halogens is 6. The molecule has 338 valence electrons. The Kier molecular flexibility index (Phi) is 11.6. The van der Waals surface area contributed by atoms with Gasteiger partial charge in [0.15, 0.2) is 5.82 Å². The Morgan fingerprint density at radius 3 is 2.14 bits per heavy atom. The summed E-state index contributed by atoms with van der Waals surface area (Å²) in [6, 6.07) is 16.2. The Balaban J connectivity index is 1.18. The van der Waals surface area contributed by atoms with E-state index in [0.717, 1.165) is 17.5 Å². The molecule has 2 unspecified atom stereocenters. The summed E-state index contributed by atoms with van der Waals surface area (Å²) in [7, 11) is 3.10. The Morgan fingerprint density at radius 1 is 0.938 bits per heavy atom. The molecule has 4 fully saturated rings. The lowest BCUT2D eigenvalue weighted by atomic mass is 9.95. The first-order valence-electron chi connectivity index (χ1n) is 21.2. The molecule has 0 spiro atoms. The standard InChI is InChI=1S/C46H47ClF5N7O5/c1-26-17-36(56(20-27-5-11-32(62-2)12-6-27)21-28-7-13-33(63-3)14-8-28)53-41(38(26)46(50,51)52)37-35(47)18-34-40(39(37)49)54-43(64-25-45-15-4-16-58(45)22-29(48)19-45)55-42(34)57-23-30-9-10-31(24-57)59(30)44(60)61/h5-8,11-14,17-18,29-31H,4,9-10,15-16,19-25H2,1-3H3,(H,60,61)/t29-,30?,31?,45+/m1/s1. The second kappa shape index (κ2) is 17.0. The number of carbonyl (C=O) groups is 1. The van der Waals surface area contributed by atoms with Gasteiger partial charge in [-0.3, -0.25) is 9.80 Å². The van der Waals surface area contributed by atoms with E-state index < -0.39 is 46.6 Å². The van der Waals surface area contributed by atoms with E-state index >= 15 is 17.6 Å². The Morgan fingerprint density at radius 2 is 1.56 bits per heavy atom. The molecule has 5 aromatic rings. The number of nitrogens with zero attached hydrogens (tertiary/aromatic N) is 7. The van der Waals surface area contributed by atoms with Crippen molar-refractivity contribution in [3.05, 3.63) is 93.8 Å². The van der Waals surface area contributed by atoms with Crippen molar-refractivity contribution < 1.29 is 46.1 Å². The smallest absolute Gasteiger partial charge is 0.418 e. The number of alkyl halides is 4. The van der Waals surface area contributed by atoms with Crippen molar-refractivity contribution in [2.75, 3.05) is 56.8 Å². The van der Waals surface area contributed by atoms with Crippen molar-refractivity contribution in [1.29, 1.82) is 0 Å². The number of rotatable bonds is 12. The molecule has 9 rings (SSSR count). The first-order valence-corrected chi connectivity index (χ1v) is 21.6. The zero-order valence-electron chi connectivity index (χ0n) is 35.5. The second-order valence-electron chi connectivity index (χ2n) is 17.2. The SMILES string of the molecule is COc1ccc(CN(Cc2ccc(OC)cc2)c2cc(C)c(C(F)(F)F)c(-c3c(Cl)cc4c(N5CC6CCC(C5)N6C(=O)O)nc(OC[C@@]56CCCN5C[C@H](F)C6)nc4c3F)n2)cc1. The quantitative estimate of drug-likeness (QED) is 0.121. The van der Waals surface area contributed by atoms with E-state index in [2.05, 4.69) is 9.97 Å². The number of aromatic nitrogens is 3.